The first-order valence-corrected chi connectivity index (χ1v) is 17.6. The van der Waals surface area contributed by atoms with Crippen LogP contribution in [0, 0.1) is 5.82 Å². The van der Waals surface area contributed by atoms with Gasteiger partial charge < -0.3 is 20.7 Å². The number of nitrogen functional groups attached to an aromatic ring is 1. The molecule has 0 amide bonds. The molecule has 7 heterocycles. The Bertz CT molecular complexity index is 1730. The van der Waals surface area contributed by atoms with Gasteiger partial charge in [-0.25, -0.2) is 22.4 Å². The first-order valence-electron chi connectivity index (χ1n) is 15.6. The molecule has 4 saturated heterocycles. The molecule has 0 aliphatic carbocycles. The SMILES string of the molecule is CCCN1C(c2ccc(F)c3sc(N)nc23)=C(F)c2nc(OC[C@@]34CCCN3CC(F)C4)nc(N3CC4CCC(C3)N4)c2S1=O. The van der Waals surface area contributed by atoms with Gasteiger partial charge in [0.05, 0.1) is 21.5 Å². The fourth-order valence-corrected chi connectivity index (χ4v) is 10.2. The van der Waals surface area contributed by atoms with Gasteiger partial charge in [0.1, 0.15) is 29.2 Å². The standard InChI is InChI=1S/C30H35F3N8O2S2/c1-2-9-41-24(19-6-7-20(32)25-22(19)36-28(34)44-25)21(33)23-26(45(41)42)27(39-13-17-4-5-18(14-39)35-17)38-29(37-23)43-15-30-8-3-10-40(30)12-16(31)11-30/h6-7,16-18,35H,2-5,8-15H2,1H3,(H2,34,36)/t16?,17?,18?,30-,45?/m0/s1. The van der Waals surface area contributed by atoms with Crippen molar-refractivity contribution in [2.45, 2.75) is 74.1 Å². The number of alkyl halides is 1. The van der Waals surface area contributed by atoms with Crippen molar-refractivity contribution in [2.24, 2.45) is 0 Å². The van der Waals surface area contributed by atoms with Crippen LogP contribution in [0.15, 0.2) is 17.0 Å². The predicted molar refractivity (Wildman–Crippen MR) is 168 cm³/mol. The molecule has 2 bridgehead atoms. The van der Waals surface area contributed by atoms with E-state index in [1.807, 2.05) is 6.92 Å². The number of hydrogen-bond donors (Lipinski definition) is 2. The first-order chi connectivity index (χ1) is 21.7. The monoisotopic (exact) mass is 660 g/mol. The van der Waals surface area contributed by atoms with Crippen molar-refractivity contribution in [3.8, 4) is 6.01 Å². The molecule has 5 aliphatic rings. The van der Waals surface area contributed by atoms with Gasteiger partial charge in [-0.2, -0.15) is 9.97 Å². The van der Waals surface area contributed by atoms with E-state index in [1.165, 1.54) is 16.4 Å². The number of aromatic nitrogens is 3. The molecule has 10 nitrogen and oxygen atoms in total. The van der Waals surface area contributed by atoms with Crippen molar-refractivity contribution in [3.05, 3.63) is 29.2 Å². The predicted octanol–water partition coefficient (Wildman–Crippen LogP) is 4.25. The van der Waals surface area contributed by atoms with E-state index in [-0.39, 0.29) is 68.4 Å². The Labute approximate surface area is 265 Å². The maximum absolute atomic E-state index is 17.1. The van der Waals surface area contributed by atoms with E-state index in [9.17, 15) is 13.0 Å². The maximum Gasteiger partial charge on any atom is 0.319 e. The van der Waals surface area contributed by atoms with Gasteiger partial charge in [0.15, 0.2) is 27.8 Å². The minimum atomic E-state index is -1.90. The van der Waals surface area contributed by atoms with Gasteiger partial charge in [0.25, 0.3) is 0 Å². The number of halogens is 3. The van der Waals surface area contributed by atoms with Gasteiger partial charge >= 0.3 is 6.01 Å². The number of nitrogens with zero attached hydrogens (tertiary/aromatic N) is 6. The Kier molecular flexibility index (Phi) is 7.22. The molecule has 1 aromatic carbocycles. The molecular formula is C30H35F3N8O2S2. The molecule has 8 rings (SSSR count). The molecule has 5 aliphatic heterocycles. The summed E-state index contributed by atoms with van der Waals surface area (Å²) in [6.45, 7) is 4.80. The van der Waals surface area contributed by atoms with Crippen molar-refractivity contribution in [1.82, 2.24) is 29.5 Å². The van der Waals surface area contributed by atoms with E-state index in [0.29, 0.717) is 38.3 Å². The highest BCUT2D eigenvalue weighted by Crippen LogP contribution is 2.46. The number of nitrogens with two attached hydrogens (primary N) is 1. The van der Waals surface area contributed by atoms with E-state index >= 15 is 4.39 Å². The molecule has 45 heavy (non-hydrogen) atoms. The minimum Gasteiger partial charge on any atom is -0.461 e. The van der Waals surface area contributed by atoms with E-state index in [1.54, 1.807) is 0 Å². The van der Waals surface area contributed by atoms with Crippen LogP contribution >= 0.6 is 11.3 Å². The summed E-state index contributed by atoms with van der Waals surface area (Å²) in [6.07, 6.45) is 3.81. The lowest BCUT2D eigenvalue weighted by atomic mass is 9.95. The first kappa shape index (κ1) is 29.4. The van der Waals surface area contributed by atoms with Crippen LogP contribution in [0.2, 0.25) is 0 Å². The van der Waals surface area contributed by atoms with Gasteiger partial charge in [-0.3, -0.25) is 9.21 Å². The Morgan fingerprint density at radius 3 is 2.76 bits per heavy atom. The lowest BCUT2D eigenvalue weighted by Crippen LogP contribution is -2.52. The second-order valence-corrected chi connectivity index (χ2v) is 15.1. The number of nitrogens with one attached hydrogen (secondary N) is 1. The molecule has 15 heteroatoms. The third-order valence-corrected chi connectivity index (χ3v) is 12.2. The average molecular weight is 661 g/mol. The quantitative estimate of drug-likeness (QED) is 0.384. The van der Waals surface area contributed by atoms with E-state index in [2.05, 4.69) is 25.1 Å². The second-order valence-electron chi connectivity index (χ2n) is 12.8. The van der Waals surface area contributed by atoms with Gasteiger partial charge in [-0.15, -0.1) is 0 Å². The lowest BCUT2D eigenvalue weighted by Gasteiger charge is -2.37. The summed E-state index contributed by atoms with van der Waals surface area (Å²) in [6, 6.07) is 3.15. The molecular weight excluding hydrogens is 626 g/mol. The summed E-state index contributed by atoms with van der Waals surface area (Å²) in [5.74, 6) is -0.839. The number of ether oxygens (including phenoxy) is 1. The van der Waals surface area contributed by atoms with Gasteiger partial charge in [0, 0.05) is 50.2 Å². The van der Waals surface area contributed by atoms with Crippen molar-refractivity contribution < 1.29 is 22.1 Å². The Morgan fingerprint density at radius 2 is 1.98 bits per heavy atom. The molecule has 4 fully saturated rings. The zero-order valence-electron chi connectivity index (χ0n) is 24.9. The zero-order valence-corrected chi connectivity index (χ0v) is 26.5. The highest BCUT2D eigenvalue weighted by Gasteiger charge is 2.50. The maximum atomic E-state index is 17.1. The summed E-state index contributed by atoms with van der Waals surface area (Å²) >= 11 is 0.978. The number of rotatable bonds is 7. The Morgan fingerprint density at radius 1 is 1.18 bits per heavy atom. The average Bonchev–Trinajstić information content (AvgIpc) is 3.77. The van der Waals surface area contributed by atoms with Crippen molar-refractivity contribution in [2.75, 3.05) is 50.0 Å². The smallest absolute Gasteiger partial charge is 0.319 e. The van der Waals surface area contributed by atoms with Gasteiger partial charge in [0.2, 0.25) is 0 Å². The molecule has 3 aromatic rings. The third-order valence-electron chi connectivity index (χ3n) is 9.81. The molecule has 0 radical (unpaired) electrons. The minimum absolute atomic E-state index is 0.0191. The summed E-state index contributed by atoms with van der Waals surface area (Å²) in [4.78, 5) is 18.1. The number of hydrogen-bond acceptors (Lipinski definition) is 10. The molecule has 2 aromatic heterocycles. The normalized spacial score (nSPS) is 29.6. The fraction of sp³-hybridized carbons (Fsp3) is 0.567. The van der Waals surface area contributed by atoms with Crippen LogP contribution in [0.1, 0.15) is 56.7 Å². The van der Waals surface area contributed by atoms with Gasteiger partial charge in [-0.05, 0) is 50.8 Å². The van der Waals surface area contributed by atoms with E-state index in [0.717, 1.165) is 43.6 Å². The number of piperazine rings is 1. The number of fused-ring (bicyclic) bond motifs is 5. The second kappa shape index (κ2) is 11.1. The lowest BCUT2D eigenvalue weighted by molar-refractivity contribution is 0.107. The van der Waals surface area contributed by atoms with Crippen LogP contribution in [0.3, 0.4) is 0 Å². The summed E-state index contributed by atoms with van der Waals surface area (Å²) < 4.78 is 68.9. The topological polar surface area (TPSA) is 113 Å². The largest absolute Gasteiger partial charge is 0.461 e. The molecule has 240 valence electrons. The number of anilines is 2. The summed E-state index contributed by atoms with van der Waals surface area (Å²) in [5, 5.41) is 3.75. The highest BCUT2D eigenvalue weighted by atomic mass is 32.2. The van der Waals surface area contributed by atoms with Crippen LogP contribution in [-0.2, 0) is 11.0 Å². The van der Waals surface area contributed by atoms with Crippen molar-refractivity contribution in [3.63, 3.8) is 0 Å². The summed E-state index contributed by atoms with van der Waals surface area (Å²) in [5.41, 5.74) is 5.90. The molecule has 3 N–H and O–H groups in total. The highest BCUT2D eigenvalue weighted by molar-refractivity contribution is 7.83. The van der Waals surface area contributed by atoms with Gasteiger partial charge in [-0.1, -0.05) is 18.3 Å². The van der Waals surface area contributed by atoms with Crippen LogP contribution in [0.5, 0.6) is 6.01 Å². The molecule has 0 saturated carbocycles. The van der Waals surface area contributed by atoms with Crippen LogP contribution in [0.4, 0.5) is 24.1 Å². The fourth-order valence-electron chi connectivity index (χ4n) is 7.87. The zero-order chi connectivity index (χ0) is 31.0. The van der Waals surface area contributed by atoms with Crippen LogP contribution in [0.25, 0.3) is 21.7 Å². The molecule has 0 spiro atoms. The Balaban J connectivity index is 1.28. The molecule has 5 atom stereocenters. The van der Waals surface area contributed by atoms with Crippen molar-refractivity contribution in [1.29, 1.82) is 0 Å². The molecule has 4 unspecified atom stereocenters. The van der Waals surface area contributed by atoms with E-state index < -0.39 is 34.3 Å². The van der Waals surface area contributed by atoms with Crippen LogP contribution < -0.4 is 20.7 Å². The summed E-state index contributed by atoms with van der Waals surface area (Å²) in [7, 11) is -1.90. The number of thiazole rings is 1. The van der Waals surface area contributed by atoms with E-state index in [4.69, 9.17) is 15.5 Å². The number of benzene rings is 1. The Hall–Kier alpha value is -3.01. The third kappa shape index (κ3) is 4.80. The van der Waals surface area contributed by atoms with Crippen LogP contribution in [-0.4, -0.2) is 91.5 Å². The van der Waals surface area contributed by atoms with Crippen molar-refractivity contribution >= 4 is 55.0 Å².